The van der Waals surface area contributed by atoms with E-state index in [1.165, 1.54) is 12.4 Å². The molecule has 0 fully saturated rings. The summed E-state index contributed by atoms with van der Waals surface area (Å²) in [5.41, 5.74) is 1.34. The van der Waals surface area contributed by atoms with Gasteiger partial charge >= 0.3 is 0 Å². The highest BCUT2D eigenvalue weighted by molar-refractivity contribution is 5.93. The number of benzene rings is 1. The van der Waals surface area contributed by atoms with Gasteiger partial charge in [0.15, 0.2) is 0 Å². The van der Waals surface area contributed by atoms with E-state index in [1.54, 1.807) is 7.11 Å². The first-order chi connectivity index (χ1) is 11.1. The first-order valence-electron chi connectivity index (χ1n) is 7.56. The van der Waals surface area contributed by atoms with Gasteiger partial charge in [0.2, 0.25) is 5.95 Å². The molecule has 0 radical (unpaired) electrons. The summed E-state index contributed by atoms with van der Waals surface area (Å²) >= 11 is 0. The molecule has 122 valence electrons. The number of hydrogen-bond acceptors (Lipinski definition) is 5. The van der Waals surface area contributed by atoms with Crippen molar-refractivity contribution in [2.24, 2.45) is 5.92 Å². The van der Waals surface area contributed by atoms with E-state index in [-0.39, 0.29) is 5.91 Å². The number of aromatic nitrogens is 2. The van der Waals surface area contributed by atoms with Crippen molar-refractivity contribution in [3.8, 4) is 5.75 Å². The fourth-order valence-electron chi connectivity index (χ4n) is 1.96. The van der Waals surface area contributed by atoms with Gasteiger partial charge in [0.1, 0.15) is 5.75 Å². The van der Waals surface area contributed by atoms with Gasteiger partial charge in [0.25, 0.3) is 5.91 Å². The smallest absolute Gasteiger partial charge is 0.254 e. The molecule has 6 nitrogen and oxygen atoms in total. The minimum Gasteiger partial charge on any atom is -0.496 e. The molecule has 0 spiro atoms. The average molecular weight is 314 g/mol. The molecular weight excluding hydrogens is 292 g/mol. The van der Waals surface area contributed by atoms with Crippen molar-refractivity contribution < 1.29 is 9.53 Å². The largest absolute Gasteiger partial charge is 0.496 e. The molecule has 2 rings (SSSR count). The fourth-order valence-corrected chi connectivity index (χ4v) is 1.96. The van der Waals surface area contributed by atoms with Crippen molar-refractivity contribution in [3.63, 3.8) is 0 Å². The molecule has 1 heterocycles. The fraction of sp³-hybridized carbons (Fsp3) is 0.353. The minimum atomic E-state index is -0.216. The second-order valence-corrected chi connectivity index (χ2v) is 5.56. The Kier molecular flexibility index (Phi) is 5.91. The number of hydrogen-bond donors (Lipinski definition) is 2. The van der Waals surface area contributed by atoms with Crippen LogP contribution in [0.1, 0.15) is 29.8 Å². The second kappa shape index (κ2) is 8.12. The molecule has 1 amide bonds. The minimum absolute atomic E-state index is 0.216. The summed E-state index contributed by atoms with van der Waals surface area (Å²) in [6, 6.07) is 7.57. The highest BCUT2D eigenvalue weighted by Crippen LogP contribution is 2.16. The van der Waals surface area contributed by atoms with E-state index in [4.69, 9.17) is 4.74 Å². The molecule has 2 aromatic rings. The predicted octanol–water partition coefficient (Wildman–Crippen LogP) is 2.48. The third kappa shape index (κ3) is 4.95. The van der Waals surface area contributed by atoms with Crippen molar-refractivity contribution >= 4 is 11.9 Å². The maximum atomic E-state index is 12.1. The van der Waals surface area contributed by atoms with Gasteiger partial charge in [0, 0.05) is 31.0 Å². The Balaban J connectivity index is 1.93. The van der Waals surface area contributed by atoms with Crippen LogP contribution < -0.4 is 15.4 Å². The predicted molar refractivity (Wildman–Crippen MR) is 89.5 cm³/mol. The molecule has 1 aromatic heterocycles. The van der Waals surface area contributed by atoms with Crippen LogP contribution in [0.5, 0.6) is 5.75 Å². The van der Waals surface area contributed by atoms with Gasteiger partial charge in [-0.05, 0) is 12.0 Å². The molecule has 2 N–H and O–H groups in total. The molecule has 0 atom stereocenters. The zero-order chi connectivity index (χ0) is 16.7. The summed E-state index contributed by atoms with van der Waals surface area (Å²) in [6.07, 6.45) is 3.04. The third-order valence-electron chi connectivity index (χ3n) is 3.21. The number of ether oxygens (including phenoxy) is 1. The summed E-state index contributed by atoms with van der Waals surface area (Å²) in [6.45, 7) is 5.38. The van der Waals surface area contributed by atoms with Crippen molar-refractivity contribution in [2.75, 3.05) is 19.0 Å². The van der Waals surface area contributed by atoms with Gasteiger partial charge < -0.3 is 15.4 Å². The molecule has 0 unspecified atom stereocenters. The summed E-state index contributed by atoms with van der Waals surface area (Å²) in [4.78, 5) is 20.4. The lowest BCUT2D eigenvalue weighted by Crippen LogP contribution is -2.23. The average Bonchev–Trinajstić information content (AvgIpc) is 2.58. The number of nitrogens with zero attached hydrogens (tertiary/aromatic N) is 2. The number of nitrogens with one attached hydrogen (secondary N) is 2. The summed E-state index contributed by atoms with van der Waals surface area (Å²) in [5.74, 6) is 1.56. The van der Waals surface area contributed by atoms with Crippen LogP contribution in [0.25, 0.3) is 0 Å². The van der Waals surface area contributed by atoms with Gasteiger partial charge in [-0.3, -0.25) is 4.79 Å². The molecule has 0 aliphatic rings. The number of carbonyl (C=O) groups excluding carboxylic acids is 1. The number of amides is 1. The topological polar surface area (TPSA) is 76.1 Å². The molecule has 1 aromatic carbocycles. The number of anilines is 1. The van der Waals surface area contributed by atoms with Crippen LogP contribution >= 0.6 is 0 Å². The maximum Gasteiger partial charge on any atom is 0.254 e. The van der Waals surface area contributed by atoms with Crippen LogP contribution in [0.4, 0.5) is 5.95 Å². The van der Waals surface area contributed by atoms with Crippen LogP contribution in [-0.2, 0) is 6.54 Å². The Hall–Kier alpha value is -2.63. The Morgan fingerprint density at radius 2 is 1.91 bits per heavy atom. The van der Waals surface area contributed by atoms with E-state index in [0.717, 1.165) is 17.9 Å². The van der Waals surface area contributed by atoms with Gasteiger partial charge in [0.05, 0.1) is 12.7 Å². The van der Waals surface area contributed by atoms with Crippen LogP contribution in [0.2, 0.25) is 0 Å². The Morgan fingerprint density at radius 1 is 1.22 bits per heavy atom. The highest BCUT2D eigenvalue weighted by atomic mass is 16.5. The molecule has 0 bridgehead atoms. The zero-order valence-corrected chi connectivity index (χ0v) is 13.7. The van der Waals surface area contributed by atoms with Crippen molar-refractivity contribution in [2.45, 2.75) is 20.4 Å². The molecular formula is C17H22N4O2. The van der Waals surface area contributed by atoms with Crippen molar-refractivity contribution in [3.05, 3.63) is 47.8 Å². The van der Waals surface area contributed by atoms with Gasteiger partial charge in [-0.15, -0.1) is 0 Å². The number of methoxy groups -OCH3 is 1. The van der Waals surface area contributed by atoms with Crippen LogP contribution in [0.3, 0.4) is 0 Å². The molecule has 23 heavy (non-hydrogen) atoms. The SMILES string of the molecule is COc1ccccc1CNC(=O)c1cnc(NCC(C)C)nc1. The molecule has 0 saturated heterocycles. The van der Waals surface area contributed by atoms with Crippen molar-refractivity contribution in [1.29, 1.82) is 0 Å². The van der Waals surface area contributed by atoms with Crippen LogP contribution in [0, 0.1) is 5.92 Å². The van der Waals surface area contributed by atoms with Crippen molar-refractivity contribution in [1.82, 2.24) is 15.3 Å². The first kappa shape index (κ1) is 16.7. The van der Waals surface area contributed by atoms with Gasteiger partial charge in [-0.1, -0.05) is 32.0 Å². The standard InChI is InChI=1S/C17H22N4O2/c1-12(2)8-19-17-20-10-14(11-21-17)16(22)18-9-13-6-4-5-7-15(13)23-3/h4-7,10-12H,8-9H2,1-3H3,(H,18,22)(H,19,20,21). The number of para-hydroxylation sites is 1. The molecule has 0 aliphatic carbocycles. The summed E-state index contributed by atoms with van der Waals surface area (Å²) in [7, 11) is 1.61. The summed E-state index contributed by atoms with van der Waals surface area (Å²) < 4.78 is 5.26. The first-order valence-corrected chi connectivity index (χ1v) is 7.56. The van der Waals surface area contributed by atoms with Gasteiger partial charge in [-0.25, -0.2) is 9.97 Å². The highest BCUT2D eigenvalue weighted by Gasteiger charge is 2.09. The number of rotatable bonds is 7. The Labute approximate surface area is 136 Å². The quantitative estimate of drug-likeness (QED) is 0.821. The van der Waals surface area contributed by atoms with E-state index in [1.807, 2.05) is 24.3 Å². The molecule has 6 heteroatoms. The second-order valence-electron chi connectivity index (χ2n) is 5.56. The summed E-state index contributed by atoms with van der Waals surface area (Å²) in [5, 5.41) is 5.95. The Bertz CT molecular complexity index is 641. The van der Waals surface area contributed by atoms with E-state index in [0.29, 0.717) is 24.0 Å². The van der Waals surface area contributed by atoms with E-state index < -0.39 is 0 Å². The maximum absolute atomic E-state index is 12.1. The van der Waals surface area contributed by atoms with E-state index in [2.05, 4.69) is 34.4 Å². The third-order valence-corrected chi connectivity index (χ3v) is 3.21. The normalized spacial score (nSPS) is 10.4. The lowest BCUT2D eigenvalue weighted by atomic mass is 10.2. The Morgan fingerprint density at radius 3 is 2.57 bits per heavy atom. The lowest BCUT2D eigenvalue weighted by Gasteiger charge is -2.10. The monoisotopic (exact) mass is 314 g/mol. The number of carbonyl (C=O) groups is 1. The van der Waals surface area contributed by atoms with Crippen LogP contribution in [-0.4, -0.2) is 29.5 Å². The van der Waals surface area contributed by atoms with Crippen LogP contribution in [0.15, 0.2) is 36.7 Å². The molecule has 0 saturated carbocycles. The van der Waals surface area contributed by atoms with E-state index >= 15 is 0 Å². The van der Waals surface area contributed by atoms with E-state index in [9.17, 15) is 4.79 Å². The van der Waals surface area contributed by atoms with Gasteiger partial charge in [-0.2, -0.15) is 0 Å². The molecule has 0 aliphatic heterocycles. The lowest BCUT2D eigenvalue weighted by molar-refractivity contribution is 0.0950. The zero-order valence-electron chi connectivity index (χ0n) is 13.7.